The molecule has 1 aliphatic rings. The first-order valence-electron chi connectivity index (χ1n) is 7.26. The molecule has 98 valence electrons. The minimum Gasteiger partial charge on any atom is -0.294 e. The highest BCUT2D eigenvalue weighted by molar-refractivity contribution is 5.98. The van der Waals surface area contributed by atoms with Crippen LogP contribution in [0.3, 0.4) is 0 Å². The van der Waals surface area contributed by atoms with E-state index in [0.29, 0.717) is 11.7 Å². The van der Waals surface area contributed by atoms with Crippen molar-refractivity contribution in [2.75, 3.05) is 0 Å². The van der Waals surface area contributed by atoms with Gasteiger partial charge in [0, 0.05) is 11.5 Å². The Morgan fingerprint density at radius 2 is 1.89 bits per heavy atom. The number of ketones is 1. The van der Waals surface area contributed by atoms with Gasteiger partial charge in [0.1, 0.15) is 0 Å². The van der Waals surface area contributed by atoms with Crippen molar-refractivity contribution >= 4 is 5.78 Å². The summed E-state index contributed by atoms with van der Waals surface area (Å²) in [7, 11) is 0. The highest BCUT2D eigenvalue weighted by atomic mass is 16.1. The fourth-order valence-electron chi connectivity index (χ4n) is 2.95. The van der Waals surface area contributed by atoms with Gasteiger partial charge in [0.2, 0.25) is 0 Å². The number of carbonyl (C=O) groups is 1. The van der Waals surface area contributed by atoms with Gasteiger partial charge in [0.25, 0.3) is 0 Å². The van der Waals surface area contributed by atoms with Crippen LogP contribution in [0.5, 0.6) is 0 Å². The Bertz CT molecular complexity index is 402. The Hall–Kier alpha value is -1.11. The molecule has 1 aromatic rings. The Labute approximate surface area is 111 Å². The van der Waals surface area contributed by atoms with Crippen LogP contribution in [-0.4, -0.2) is 5.78 Å². The molecule has 1 heteroatoms. The van der Waals surface area contributed by atoms with Crippen LogP contribution in [0.25, 0.3) is 0 Å². The van der Waals surface area contributed by atoms with Crippen molar-refractivity contribution < 1.29 is 4.79 Å². The van der Waals surface area contributed by atoms with Crippen LogP contribution < -0.4 is 0 Å². The Balaban J connectivity index is 2.05. The van der Waals surface area contributed by atoms with E-state index in [9.17, 15) is 4.79 Å². The molecule has 2 unspecified atom stereocenters. The molecule has 1 nitrogen and oxygen atoms in total. The molecule has 1 fully saturated rings. The molecule has 0 aliphatic heterocycles. The molecule has 1 aliphatic carbocycles. The van der Waals surface area contributed by atoms with Crippen molar-refractivity contribution in [3.05, 3.63) is 35.4 Å². The summed E-state index contributed by atoms with van der Waals surface area (Å²) >= 11 is 0. The molecule has 18 heavy (non-hydrogen) atoms. The Morgan fingerprint density at radius 1 is 1.22 bits per heavy atom. The second-order valence-corrected chi connectivity index (χ2v) is 5.93. The third-order valence-corrected chi connectivity index (χ3v) is 4.35. The first-order valence-corrected chi connectivity index (χ1v) is 7.26. The number of Topliss-reactive ketones (excluding diaryl/α,β-unsaturated/α-hetero) is 1. The lowest BCUT2D eigenvalue weighted by Crippen LogP contribution is -2.11. The minimum absolute atomic E-state index is 0.278. The van der Waals surface area contributed by atoms with Crippen LogP contribution in [0, 0.1) is 11.8 Å². The summed E-state index contributed by atoms with van der Waals surface area (Å²) in [5.41, 5.74) is 2.21. The normalized spacial score (nSPS) is 23.6. The molecule has 1 saturated carbocycles. The Kier molecular flexibility index (Phi) is 4.21. The van der Waals surface area contributed by atoms with E-state index < -0.39 is 0 Å². The van der Waals surface area contributed by atoms with Crippen molar-refractivity contribution in [2.24, 2.45) is 11.8 Å². The van der Waals surface area contributed by atoms with Gasteiger partial charge in [0.15, 0.2) is 5.78 Å². The van der Waals surface area contributed by atoms with Gasteiger partial charge in [-0.2, -0.15) is 0 Å². The van der Waals surface area contributed by atoms with Crippen molar-refractivity contribution in [3.63, 3.8) is 0 Å². The van der Waals surface area contributed by atoms with Gasteiger partial charge < -0.3 is 0 Å². The average molecular weight is 244 g/mol. The zero-order valence-corrected chi connectivity index (χ0v) is 11.8. The van der Waals surface area contributed by atoms with Crippen molar-refractivity contribution in [1.29, 1.82) is 0 Å². The van der Waals surface area contributed by atoms with Gasteiger partial charge in [-0.3, -0.25) is 4.79 Å². The highest BCUT2D eigenvalue weighted by Crippen LogP contribution is 2.35. The number of benzene rings is 1. The third-order valence-electron chi connectivity index (χ3n) is 4.35. The molecule has 0 spiro atoms. The maximum atomic E-state index is 12.4. The summed E-state index contributed by atoms with van der Waals surface area (Å²) in [6.45, 7) is 6.59. The smallest absolute Gasteiger partial charge is 0.165 e. The molecule has 0 heterocycles. The quantitative estimate of drug-likeness (QED) is 0.694. The SMILES string of the molecule is CCC1CCC(C(=O)c2ccc(C(C)C)cc2)C1. The van der Waals surface area contributed by atoms with E-state index in [1.54, 1.807) is 0 Å². The van der Waals surface area contributed by atoms with E-state index in [-0.39, 0.29) is 5.92 Å². The largest absolute Gasteiger partial charge is 0.294 e. The maximum Gasteiger partial charge on any atom is 0.165 e. The van der Waals surface area contributed by atoms with Crippen LogP contribution in [0.1, 0.15) is 68.3 Å². The zero-order chi connectivity index (χ0) is 13.1. The minimum atomic E-state index is 0.278. The predicted molar refractivity (Wildman–Crippen MR) is 76.0 cm³/mol. The van der Waals surface area contributed by atoms with E-state index in [4.69, 9.17) is 0 Å². The van der Waals surface area contributed by atoms with Crippen LogP contribution >= 0.6 is 0 Å². The van der Waals surface area contributed by atoms with Crippen molar-refractivity contribution in [1.82, 2.24) is 0 Å². The average Bonchev–Trinajstić information content (AvgIpc) is 2.86. The van der Waals surface area contributed by atoms with Crippen LogP contribution in [0.15, 0.2) is 24.3 Å². The number of hydrogen-bond donors (Lipinski definition) is 0. The zero-order valence-electron chi connectivity index (χ0n) is 11.8. The molecule has 0 aromatic heterocycles. The van der Waals surface area contributed by atoms with E-state index in [1.807, 2.05) is 12.1 Å². The molecule has 0 amide bonds. The van der Waals surface area contributed by atoms with E-state index in [1.165, 1.54) is 18.4 Å². The lowest BCUT2D eigenvalue weighted by Gasteiger charge is -2.11. The molecule has 2 atom stereocenters. The summed E-state index contributed by atoms with van der Waals surface area (Å²) in [6.07, 6.45) is 4.64. The van der Waals surface area contributed by atoms with E-state index in [0.717, 1.165) is 24.3 Å². The van der Waals surface area contributed by atoms with Gasteiger partial charge in [-0.1, -0.05) is 51.5 Å². The van der Waals surface area contributed by atoms with Gasteiger partial charge in [-0.05, 0) is 36.7 Å². The summed E-state index contributed by atoms with van der Waals surface area (Å²) in [6, 6.07) is 8.22. The maximum absolute atomic E-state index is 12.4. The van der Waals surface area contributed by atoms with Crippen LogP contribution in [-0.2, 0) is 0 Å². The number of carbonyl (C=O) groups excluding carboxylic acids is 1. The molecular formula is C17H24O. The highest BCUT2D eigenvalue weighted by Gasteiger charge is 2.29. The first-order chi connectivity index (χ1) is 8.61. The van der Waals surface area contributed by atoms with Crippen molar-refractivity contribution in [2.45, 2.75) is 52.4 Å². The third kappa shape index (κ3) is 2.82. The fourth-order valence-corrected chi connectivity index (χ4v) is 2.95. The monoisotopic (exact) mass is 244 g/mol. The first kappa shape index (κ1) is 13.3. The van der Waals surface area contributed by atoms with Crippen LogP contribution in [0.2, 0.25) is 0 Å². The molecule has 0 N–H and O–H groups in total. The van der Waals surface area contributed by atoms with Gasteiger partial charge in [-0.15, -0.1) is 0 Å². The van der Waals surface area contributed by atoms with Crippen LogP contribution in [0.4, 0.5) is 0 Å². The lowest BCUT2D eigenvalue weighted by atomic mass is 9.93. The summed E-state index contributed by atoms with van der Waals surface area (Å²) in [5.74, 6) is 1.94. The number of rotatable bonds is 4. The molecular weight excluding hydrogens is 220 g/mol. The van der Waals surface area contributed by atoms with Gasteiger partial charge >= 0.3 is 0 Å². The van der Waals surface area contributed by atoms with Gasteiger partial charge in [0.05, 0.1) is 0 Å². The second kappa shape index (κ2) is 5.69. The summed E-state index contributed by atoms with van der Waals surface area (Å²) < 4.78 is 0. The Morgan fingerprint density at radius 3 is 2.39 bits per heavy atom. The number of hydrogen-bond acceptors (Lipinski definition) is 1. The molecule has 2 rings (SSSR count). The predicted octanol–water partition coefficient (Wildman–Crippen LogP) is 4.82. The second-order valence-electron chi connectivity index (χ2n) is 5.93. The molecule has 0 bridgehead atoms. The topological polar surface area (TPSA) is 17.1 Å². The molecule has 0 saturated heterocycles. The van der Waals surface area contributed by atoms with E-state index in [2.05, 4.69) is 32.9 Å². The standard InChI is InChI=1S/C17H24O/c1-4-13-5-6-16(11-13)17(18)15-9-7-14(8-10-15)12(2)3/h7-10,12-13,16H,4-6,11H2,1-3H3. The summed E-state index contributed by atoms with van der Waals surface area (Å²) in [5, 5.41) is 0. The van der Waals surface area contributed by atoms with E-state index >= 15 is 0 Å². The lowest BCUT2D eigenvalue weighted by molar-refractivity contribution is 0.0920. The molecule has 1 aromatic carbocycles. The van der Waals surface area contributed by atoms with Crippen molar-refractivity contribution in [3.8, 4) is 0 Å². The molecule has 0 radical (unpaired) electrons. The fraction of sp³-hybridized carbons (Fsp3) is 0.588. The summed E-state index contributed by atoms with van der Waals surface area (Å²) in [4.78, 5) is 12.4. The van der Waals surface area contributed by atoms with Gasteiger partial charge in [-0.25, -0.2) is 0 Å².